The van der Waals surface area contributed by atoms with Gasteiger partial charge in [-0.3, -0.25) is 9.78 Å². The van der Waals surface area contributed by atoms with E-state index in [9.17, 15) is 9.90 Å². The summed E-state index contributed by atoms with van der Waals surface area (Å²) in [6, 6.07) is 5.41. The molecule has 3 heterocycles. The van der Waals surface area contributed by atoms with Crippen molar-refractivity contribution in [3.63, 3.8) is 0 Å². The van der Waals surface area contributed by atoms with Crippen LogP contribution < -0.4 is 5.32 Å². The zero-order valence-corrected chi connectivity index (χ0v) is 13.4. The van der Waals surface area contributed by atoms with Gasteiger partial charge in [-0.15, -0.1) is 0 Å². The molecule has 0 radical (unpaired) electrons. The van der Waals surface area contributed by atoms with Gasteiger partial charge < -0.3 is 14.9 Å². The molecule has 1 aliphatic rings. The number of carbonyl (C=O) groups is 1. The van der Waals surface area contributed by atoms with E-state index in [2.05, 4.69) is 15.5 Å². The summed E-state index contributed by atoms with van der Waals surface area (Å²) >= 11 is 0. The number of nitrogens with one attached hydrogen (secondary N) is 1. The van der Waals surface area contributed by atoms with E-state index in [-0.39, 0.29) is 5.78 Å². The minimum absolute atomic E-state index is 0.154. The van der Waals surface area contributed by atoms with Crippen molar-refractivity contribution in [3.8, 4) is 11.4 Å². The molecule has 0 saturated carbocycles. The van der Waals surface area contributed by atoms with E-state index in [1.807, 2.05) is 6.07 Å². The molecule has 122 valence electrons. The number of Topliss-reactive ketones (excluding diaryl/α,β-unsaturated/α-hetero) is 1. The van der Waals surface area contributed by atoms with Gasteiger partial charge in [0.25, 0.3) is 0 Å². The van der Waals surface area contributed by atoms with Crippen molar-refractivity contribution in [3.05, 3.63) is 36.2 Å². The Bertz CT molecular complexity index is 683. The van der Waals surface area contributed by atoms with Gasteiger partial charge >= 0.3 is 0 Å². The van der Waals surface area contributed by atoms with Crippen LogP contribution in [-0.2, 0) is 0 Å². The second-order valence-corrected chi connectivity index (χ2v) is 6.54. The van der Waals surface area contributed by atoms with Crippen LogP contribution in [0.4, 0.5) is 0 Å². The van der Waals surface area contributed by atoms with Crippen LogP contribution in [0.3, 0.4) is 0 Å². The van der Waals surface area contributed by atoms with Gasteiger partial charge in [0.15, 0.2) is 5.78 Å². The molecule has 1 saturated heterocycles. The maximum Gasteiger partial charge on any atom is 0.178 e. The van der Waals surface area contributed by atoms with Gasteiger partial charge in [-0.2, -0.15) is 0 Å². The first-order chi connectivity index (χ1) is 11.0. The standard InChI is InChI=1S/C17H21N3O3/c1-16(2,22)17(7-5-8-18-11-17)15(21)12-10-23-20-14(12)13-6-3-4-9-19-13/h3-4,6,9-10,18,22H,5,7-8,11H2,1-2H3/t17-/m0/s1. The molecule has 23 heavy (non-hydrogen) atoms. The molecule has 0 bridgehead atoms. The van der Waals surface area contributed by atoms with Crippen molar-refractivity contribution in [2.45, 2.75) is 32.3 Å². The number of carbonyl (C=O) groups excluding carboxylic acids is 1. The van der Waals surface area contributed by atoms with Crippen molar-refractivity contribution >= 4 is 5.78 Å². The van der Waals surface area contributed by atoms with Gasteiger partial charge in [-0.25, -0.2) is 0 Å². The topological polar surface area (TPSA) is 88.2 Å². The highest BCUT2D eigenvalue weighted by Crippen LogP contribution is 2.42. The van der Waals surface area contributed by atoms with E-state index in [0.717, 1.165) is 13.0 Å². The zero-order chi connectivity index (χ0) is 16.5. The quantitative estimate of drug-likeness (QED) is 0.840. The molecular formula is C17H21N3O3. The third kappa shape index (κ3) is 2.68. The fourth-order valence-electron chi connectivity index (χ4n) is 3.24. The van der Waals surface area contributed by atoms with Crippen molar-refractivity contribution in [1.29, 1.82) is 0 Å². The van der Waals surface area contributed by atoms with Crippen LogP contribution in [0.15, 0.2) is 35.2 Å². The van der Waals surface area contributed by atoms with E-state index in [1.165, 1.54) is 6.26 Å². The van der Waals surface area contributed by atoms with Crippen LogP contribution in [0.25, 0.3) is 11.4 Å². The minimum atomic E-state index is -1.16. The fourth-order valence-corrected chi connectivity index (χ4v) is 3.24. The lowest BCUT2D eigenvalue weighted by Crippen LogP contribution is -2.57. The van der Waals surface area contributed by atoms with Gasteiger partial charge in [-0.1, -0.05) is 11.2 Å². The molecule has 1 aliphatic heterocycles. The minimum Gasteiger partial charge on any atom is -0.389 e. The molecule has 3 rings (SSSR count). The van der Waals surface area contributed by atoms with E-state index >= 15 is 0 Å². The maximum absolute atomic E-state index is 13.3. The van der Waals surface area contributed by atoms with Crippen molar-refractivity contribution in [2.24, 2.45) is 5.41 Å². The fraction of sp³-hybridized carbons (Fsp3) is 0.471. The third-order valence-corrected chi connectivity index (χ3v) is 4.71. The highest BCUT2D eigenvalue weighted by molar-refractivity contribution is 6.05. The molecule has 6 heteroatoms. The van der Waals surface area contributed by atoms with Crippen LogP contribution in [0.1, 0.15) is 37.0 Å². The highest BCUT2D eigenvalue weighted by atomic mass is 16.5. The van der Waals surface area contributed by atoms with Crippen LogP contribution in [0, 0.1) is 5.41 Å². The van der Waals surface area contributed by atoms with Crippen molar-refractivity contribution in [2.75, 3.05) is 13.1 Å². The van der Waals surface area contributed by atoms with Crippen LogP contribution in [-0.4, -0.2) is 39.7 Å². The van der Waals surface area contributed by atoms with Gasteiger partial charge in [0.1, 0.15) is 12.0 Å². The lowest BCUT2D eigenvalue weighted by atomic mass is 9.64. The number of rotatable bonds is 4. The van der Waals surface area contributed by atoms with Crippen LogP contribution in [0.5, 0.6) is 0 Å². The molecule has 0 amide bonds. The predicted octanol–water partition coefficient (Wildman–Crippen LogP) is 2.06. The van der Waals surface area contributed by atoms with E-state index in [4.69, 9.17) is 4.52 Å². The summed E-state index contributed by atoms with van der Waals surface area (Å²) in [4.78, 5) is 17.5. The number of aliphatic hydroxyl groups is 1. The first-order valence-electron chi connectivity index (χ1n) is 7.79. The molecule has 0 aliphatic carbocycles. The third-order valence-electron chi connectivity index (χ3n) is 4.71. The molecule has 2 aromatic heterocycles. The Kier molecular flexibility index (Phi) is 4.04. The summed E-state index contributed by atoms with van der Waals surface area (Å²) in [5.41, 5.74) is -0.685. The number of ketones is 1. The van der Waals surface area contributed by atoms with Gasteiger partial charge in [0.05, 0.1) is 22.3 Å². The van der Waals surface area contributed by atoms with E-state index in [1.54, 1.807) is 32.2 Å². The van der Waals surface area contributed by atoms with Gasteiger partial charge in [0.2, 0.25) is 0 Å². The normalized spacial score (nSPS) is 22.0. The number of piperidine rings is 1. The summed E-state index contributed by atoms with van der Waals surface area (Å²) in [6.07, 6.45) is 4.45. The lowest BCUT2D eigenvalue weighted by molar-refractivity contribution is -0.0482. The molecule has 6 nitrogen and oxygen atoms in total. The molecule has 0 unspecified atom stereocenters. The summed E-state index contributed by atoms with van der Waals surface area (Å²) < 4.78 is 5.06. The molecule has 0 aromatic carbocycles. The molecule has 2 aromatic rings. The SMILES string of the molecule is CC(C)(O)[C@@]1(C(=O)c2conc2-c2ccccn2)CCCNC1. The Labute approximate surface area is 134 Å². The van der Waals surface area contributed by atoms with Gasteiger partial charge in [-0.05, 0) is 45.4 Å². The Morgan fingerprint density at radius 3 is 2.87 bits per heavy atom. The number of pyridine rings is 1. The number of hydrogen-bond acceptors (Lipinski definition) is 6. The lowest BCUT2D eigenvalue weighted by Gasteiger charge is -2.44. The highest BCUT2D eigenvalue weighted by Gasteiger charge is 2.51. The van der Waals surface area contributed by atoms with Crippen molar-refractivity contribution < 1.29 is 14.4 Å². The second-order valence-electron chi connectivity index (χ2n) is 6.54. The largest absolute Gasteiger partial charge is 0.389 e. The van der Waals surface area contributed by atoms with Crippen molar-refractivity contribution in [1.82, 2.24) is 15.5 Å². The van der Waals surface area contributed by atoms with E-state index < -0.39 is 11.0 Å². The monoisotopic (exact) mass is 315 g/mol. The number of aromatic nitrogens is 2. The average molecular weight is 315 g/mol. The number of nitrogens with zero attached hydrogens (tertiary/aromatic N) is 2. The molecule has 2 N–H and O–H groups in total. The predicted molar refractivity (Wildman–Crippen MR) is 84.9 cm³/mol. The molecular weight excluding hydrogens is 294 g/mol. The smallest absolute Gasteiger partial charge is 0.178 e. The summed E-state index contributed by atoms with van der Waals surface area (Å²) in [5, 5.41) is 17.9. The summed E-state index contributed by atoms with van der Waals surface area (Å²) in [5.74, 6) is -0.154. The molecule has 0 spiro atoms. The Morgan fingerprint density at radius 2 is 2.26 bits per heavy atom. The Hall–Kier alpha value is -2.05. The summed E-state index contributed by atoms with van der Waals surface area (Å²) in [6.45, 7) is 4.65. The molecule has 1 atom stereocenters. The first-order valence-corrected chi connectivity index (χ1v) is 7.79. The second kappa shape index (κ2) is 5.86. The maximum atomic E-state index is 13.3. The average Bonchev–Trinajstić information content (AvgIpc) is 3.04. The Morgan fingerprint density at radius 1 is 1.43 bits per heavy atom. The van der Waals surface area contributed by atoms with Crippen LogP contribution >= 0.6 is 0 Å². The van der Waals surface area contributed by atoms with Gasteiger partial charge in [0, 0.05) is 12.7 Å². The summed E-state index contributed by atoms with van der Waals surface area (Å²) in [7, 11) is 0. The molecule has 1 fully saturated rings. The number of hydrogen-bond donors (Lipinski definition) is 2. The van der Waals surface area contributed by atoms with E-state index in [0.29, 0.717) is 29.9 Å². The Balaban J connectivity index is 2.05. The first kappa shape index (κ1) is 15.8. The zero-order valence-electron chi connectivity index (χ0n) is 13.4. The van der Waals surface area contributed by atoms with Crippen LogP contribution in [0.2, 0.25) is 0 Å².